The van der Waals surface area contributed by atoms with Crippen LogP contribution in [-0.2, 0) is 0 Å². The molecule has 0 aliphatic heterocycles. The fraction of sp³-hybridized carbons (Fsp3) is 0.600. The van der Waals surface area contributed by atoms with E-state index in [1.807, 2.05) is 7.05 Å². The maximum atomic E-state index is 13.2. The van der Waals surface area contributed by atoms with E-state index in [4.69, 9.17) is 4.74 Å². The summed E-state index contributed by atoms with van der Waals surface area (Å²) in [5, 5.41) is 14.3. The Labute approximate surface area is 123 Å². The van der Waals surface area contributed by atoms with Crippen molar-refractivity contribution >= 4 is 5.69 Å². The molecule has 2 rings (SSSR count). The molecular formula is C15H21FN2O3. The lowest BCUT2D eigenvalue weighted by molar-refractivity contribution is -0.386. The molecule has 6 heteroatoms. The Hall–Kier alpha value is -1.69. The standard InChI is InChI=1S/C15H21FN2O3/c1-4-15(5-2)13(17-3)9-14(15)21-12-7-6-10(16)8-11(12)18(19)20/h6-8,13-14,17H,4-5,9H2,1-3H3. The van der Waals surface area contributed by atoms with E-state index >= 15 is 0 Å². The van der Waals surface area contributed by atoms with E-state index in [0.29, 0.717) is 6.04 Å². The van der Waals surface area contributed by atoms with Gasteiger partial charge >= 0.3 is 5.69 Å². The summed E-state index contributed by atoms with van der Waals surface area (Å²) in [5.74, 6) is -0.486. The lowest BCUT2D eigenvalue weighted by Crippen LogP contribution is -2.63. The minimum Gasteiger partial charge on any atom is -0.483 e. The van der Waals surface area contributed by atoms with Crippen LogP contribution in [0.25, 0.3) is 0 Å². The normalized spacial score (nSPS) is 23.4. The van der Waals surface area contributed by atoms with Crippen LogP contribution in [0.15, 0.2) is 18.2 Å². The van der Waals surface area contributed by atoms with Crippen molar-refractivity contribution in [1.29, 1.82) is 0 Å². The van der Waals surface area contributed by atoms with Crippen molar-refractivity contribution in [1.82, 2.24) is 5.32 Å². The van der Waals surface area contributed by atoms with E-state index in [-0.39, 0.29) is 23.0 Å². The van der Waals surface area contributed by atoms with Gasteiger partial charge in [0, 0.05) is 17.9 Å². The molecule has 0 saturated heterocycles. The van der Waals surface area contributed by atoms with Crippen LogP contribution in [0, 0.1) is 21.3 Å². The number of nitro groups is 1. The summed E-state index contributed by atoms with van der Waals surface area (Å²) in [6.45, 7) is 4.20. The number of hydrogen-bond donors (Lipinski definition) is 1. The molecule has 0 bridgehead atoms. The van der Waals surface area contributed by atoms with Gasteiger partial charge in [0.25, 0.3) is 0 Å². The van der Waals surface area contributed by atoms with Crippen LogP contribution in [-0.4, -0.2) is 24.1 Å². The molecule has 21 heavy (non-hydrogen) atoms. The number of nitro benzene ring substituents is 1. The molecule has 0 spiro atoms. The van der Waals surface area contributed by atoms with Crippen LogP contribution in [0.5, 0.6) is 5.75 Å². The van der Waals surface area contributed by atoms with E-state index in [9.17, 15) is 14.5 Å². The zero-order valence-corrected chi connectivity index (χ0v) is 12.6. The Kier molecular flexibility index (Phi) is 4.46. The summed E-state index contributed by atoms with van der Waals surface area (Å²) in [6, 6.07) is 3.78. The molecule has 1 aliphatic carbocycles. The van der Waals surface area contributed by atoms with Crippen molar-refractivity contribution in [2.45, 2.75) is 45.3 Å². The summed E-state index contributed by atoms with van der Waals surface area (Å²) < 4.78 is 19.1. The highest BCUT2D eigenvalue weighted by atomic mass is 19.1. The summed E-state index contributed by atoms with van der Waals surface area (Å²) in [5.41, 5.74) is -0.346. The molecule has 0 amide bonds. The number of halogens is 1. The number of nitrogens with one attached hydrogen (secondary N) is 1. The highest BCUT2D eigenvalue weighted by Gasteiger charge is 2.54. The van der Waals surface area contributed by atoms with Gasteiger partial charge in [-0.05, 0) is 32.0 Å². The lowest BCUT2D eigenvalue weighted by Gasteiger charge is -2.55. The molecule has 1 aromatic rings. The van der Waals surface area contributed by atoms with Crippen LogP contribution < -0.4 is 10.1 Å². The molecule has 2 atom stereocenters. The topological polar surface area (TPSA) is 64.4 Å². The molecule has 0 radical (unpaired) electrons. The Morgan fingerprint density at radius 3 is 2.67 bits per heavy atom. The SMILES string of the molecule is CCC1(CC)C(NC)CC1Oc1ccc(F)cc1[N+](=O)[O-]. The third-order valence-electron chi connectivity index (χ3n) is 4.84. The van der Waals surface area contributed by atoms with Crippen molar-refractivity contribution in [2.24, 2.45) is 5.41 Å². The first-order chi connectivity index (χ1) is 9.98. The zero-order valence-electron chi connectivity index (χ0n) is 12.6. The van der Waals surface area contributed by atoms with Gasteiger partial charge in [-0.2, -0.15) is 0 Å². The van der Waals surface area contributed by atoms with Gasteiger partial charge in [0.1, 0.15) is 11.9 Å². The fourth-order valence-corrected chi connectivity index (χ4v) is 3.40. The monoisotopic (exact) mass is 296 g/mol. The molecule has 116 valence electrons. The highest BCUT2D eigenvalue weighted by molar-refractivity contribution is 5.46. The number of benzene rings is 1. The third-order valence-corrected chi connectivity index (χ3v) is 4.84. The van der Waals surface area contributed by atoms with E-state index < -0.39 is 10.7 Å². The Balaban J connectivity index is 2.25. The lowest BCUT2D eigenvalue weighted by atomic mass is 9.58. The van der Waals surface area contributed by atoms with Crippen LogP contribution in [0.2, 0.25) is 0 Å². The van der Waals surface area contributed by atoms with Gasteiger partial charge in [-0.25, -0.2) is 4.39 Å². The van der Waals surface area contributed by atoms with E-state index in [1.165, 1.54) is 12.1 Å². The molecule has 1 saturated carbocycles. The number of rotatable bonds is 6. The van der Waals surface area contributed by atoms with Crippen LogP contribution in [0.4, 0.5) is 10.1 Å². The largest absolute Gasteiger partial charge is 0.483 e. The van der Waals surface area contributed by atoms with Crippen LogP contribution in [0.3, 0.4) is 0 Å². The predicted molar refractivity (Wildman–Crippen MR) is 78.0 cm³/mol. The minimum absolute atomic E-state index is 0.0307. The van der Waals surface area contributed by atoms with E-state index in [1.54, 1.807) is 0 Å². The second-order valence-corrected chi connectivity index (χ2v) is 5.49. The van der Waals surface area contributed by atoms with Gasteiger partial charge in [-0.15, -0.1) is 0 Å². The quantitative estimate of drug-likeness (QED) is 0.646. The Bertz CT molecular complexity index is 532. The maximum Gasteiger partial charge on any atom is 0.313 e. The van der Waals surface area contributed by atoms with Gasteiger partial charge in [0.05, 0.1) is 11.0 Å². The summed E-state index contributed by atoms with van der Waals surface area (Å²) in [4.78, 5) is 10.4. The van der Waals surface area contributed by atoms with Crippen molar-refractivity contribution in [3.05, 3.63) is 34.1 Å². The molecule has 1 aliphatic rings. The first kappa shape index (κ1) is 15.7. The predicted octanol–water partition coefficient (Wildman–Crippen LogP) is 3.28. The molecular weight excluding hydrogens is 275 g/mol. The highest BCUT2D eigenvalue weighted by Crippen LogP contribution is 2.49. The van der Waals surface area contributed by atoms with Gasteiger partial charge in [-0.1, -0.05) is 13.8 Å². The molecule has 1 aromatic carbocycles. The first-order valence-electron chi connectivity index (χ1n) is 7.26. The fourth-order valence-electron chi connectivity index (χ4n) is 3.40. The average molecular weight is 296 g/mol. The van der Waals surface area contributed by atoms with Crippen molar-refractivity contribution in [3.8, 4) is 5.75 Å². The van der Waals surface area contributed by atoms with Crippen LogP contribution >= 0.6 is 0 Å². The second kappa shape index (κ2) is 5.97. The van der Waals surface area contributed by atoms with Crippen molar-refractivity contribution in [3.63, 3.8) is 0 Å². The third kappa shape index (κ3) is 2.60. The Morgan fingerprint density at radius 2 is 2.14 bits per heavy atom. The van der Waals surface area contributed by atoms with Gasteiger partial charge in [0.2, 0.25) is 0 Å². The van der Waals surface area contributed by atoms with E-state index in [0.717, 1.165) is 25.3 Å². The zero-order chi connectivity index (χ0) is 15.6. The minimum atomic E-state index is -0.631. The molecule has 0 heterocycles. The van der Waals surface area contributed by atoms with Gasteiger partial charge < -0.3 is 10.1 Å². The van der Waals surface area contributed by atoms with Gasteiger partial charge in [-0.3, -0.25) is 10.1 Å². The summed E-state index contributed by atoms with van der Waals surface area (Å²) in [6.07, 6.45) is 2.56. The summed E-state index contributed by atoms with van der Waals surface area (Å²) >= 11 is 0. The number of hydrogen-bond acceptors (Lipinski definition) is 4. The van der Waals surface area contributed by atoms with Crippen LogP contribution in [0.1, 0.15) is 33.1 Å². The molecule has 0 aromatic heterocycles. The molecule has 2 unspecified atom stereocenters. The van der Waals surface area contributed by atoms with E-state index in [2.05, 4.69) is 19.2 Å². The maximum absolute atomic E-state index is 13.2. The average Bonchev–Trinajstić information content (AvgIpc) is 2.45. The first-order valence-corrected chi connectivity index (χ1v) is 7.26. The van der Waals surface area contributed by atoms with Crippen molar-refractivity contribution in [2.75, 3.05) is 7.05 Å². The molecule has 5 nitrogen and oxygen atoms in total. The summed E-state index contributed by atoms with van der Waals surface area (Å²) in [7, 11) is 1.92. The number of ether oxygens (including phenoxy) is 1. The molecule has 1 fully saturated rings. The second-order valence-electron chi connectivity index (χ2n) is 5.49. The molecule has 1 N–H and O–H groups in total. The van der Waals surface area contributed by atoms with Gasteiger partial charge in [0.15, 0.2) is 5.75 Å². The van der Waals surface area contributed by atoms with Crippen molar-refractivity contribution < 1.29 is 14.1 Å². The smallest absolute Gasteiger partial charge is 0.313 e. The Morgan fingerprint density at radius 1 is 1.48 bits per heavy atom. The number of nitrogens with zero attached hydrogens (tertiary/aromatic N) is 1.